The van der Waals surface area contributed by atoms with Crippen molar-refractivity contribution in [2.75, 3.05) is 17.6 Å². The summed E-state index contributed by atoms with van der Waals surface area (Å²) in [5.74, 6) is 1.43. The Morgan fingerprint density at radius 1 is 1.06 bits per heavy atom. The van der Waals surface area contributed by atoms with Crippen LogP contribution in [-0.4, -0.2) is 38.9 Å². The number of hydrogen-bond acceptors (Lipinski definition) is 5. The molecule has 0 saturated heterocycles. The van der Waals surface area contributed by atoms with E-state index in [-0.39, 0.29) is 11.7 Å². The first-order chi connectivity index (χ1) is 16.0. The molecule has 2 aromatic carbocycles. The number of aryl methyl sites for hydroxylation is 3. The smallest absolute Gasteiger partial charge is 0.236 e. The van der Waals surface area contributed by atoms with Crippen LogP contribution in [0.2, 0.25) is 0 Å². The van der Waals surface area contributed by atoms with Crippen LogP contribution < -0.4 is 5.32 Å². The number of aliphatic imine (C=N–C) groups is 2. The molecule has 2 aliphatic rings. The molecule has 1 N–H and O–H groups in total. The highest BCUT2D eigenvalue weighted by Crippen LogP contribution is 2.33. The van der Waals surface area contributed by atoms with E-state index in [1.807, 2.05) is 36.4 Å². The molecule has 3 aromatic rings. The number of carbonyl (C=O) groups excluding carboxylic acids is 1. The zero-order chi connectivity index (χ0) is 22.9. The summed E-state index contributed by atoms with van der Waals surface area (Å²) < 4.78 is 1.79. The minimum atomic E-state index is -0.0989. The number of amides is 1. The van der Waals surface area contributed by atoms with Gasteiger partial charge in [-0.1, -0.05) is 36.0 Å². The molecule has 5 rings (SSSR count). The minimum Gasteiger partial charge on any atom is -0.310 e. The predicted molar refractivity (Wildman–Crippen MR) is 137 cm³/mol. The molecule has 0 unspecified atom stereocenters. The van der Waals surface area contributed by atoms with Crippen LogP contribution >= 0.6 is 11.8 Å². The molecule has 168 valence electrons. The fourth-order valence-electron chi connectivity index (χ4n) is 3.97. The quantitative estimate of drug-likeness (QED) is 0.542. The standard InChI is InChI=1S/C26H27N5OS/c1-16-11-18(3)21(12-17(16)2)22-13-24(31(30-22)20-7-5-4-6-8-20)29-25(32)15-33-26-27-14-23(28-26)19-9-10-19/h4-8,11-13,19H,9-10,14-15H2,1-3H3,(H,29,32). The van der Waals surface area contributed by atoms with E-state index in [1.165, 1.54) is 41.4 Å². The van der Waals surface area contributed by atoms with E-state index in [0.717, 1.165) is 27.7 Å². The fraction of sp³-hybridized carbons (Fsp3) is 0.308. The van der Waals surface area contributed by atoms with Crippen molar-refractivity contribution >= 4 is 34.4 Å². The molecule has 1 saturated carbocycles. The van der Waals surface area contributed by atoms with Crippen LogP contribution in [0.1, 0.15) is 29.5 Å². The maximum absolute atomic E-state index is 12.8. The van der Waals surface area contributed by atoms with Crippen LogP contribution in [0.25, 0.3) is 16.9 Å². The van der Waals surface area contributed by atoms with Gasteiger partial charge < -0.3 is 5.32 Å². The van der Waals surface area contributed by atoms with Gasteiger partial charge in [0.05, 0.1) is 23.7 Å². The zero-order valence-corrected chi connectivity index (χ0v) is 19.9. The Bertz CT molecular complexity index is 1270. The number of amidine groups is 1. The number of carbonyl (C=O) groups is 1. The lowest BCUT2D eigenvalue weighted by molar-refractivity contribution is -0.113. The average Bonchev–Trinajstić information content (AvgIpc) is 3.41. The van der Waals surface area contributed by atoms with Gasteiger partial charge in [-0.15, -0.1) is 0 Å². The molecule has 0 bridgehead atoms. The number of nitrogens with one attached hydrogen (secondary N) is 1. The summed E-state index contributed by atoms with van der Waals surface area (Å²) in [6.07, 6.45) is 2.44. The summed E-state index contributed by atoms with van der Waals surface area (Å²) in [7, 11) is 0. The number of nitrogens with zero attached hydrogens (tertiary/aromatic N) is 4. The number of rotatable bonds is 6. The predicted octanol–water partition coefficient (Wildman–Crippen LogP) is 5.36. The van der Waals surface area contributed by atoms with Gasteiger partial charge in [0.2, 0.25) is 5.91 Å². The van der Waals surface area contributed by atoms with Gasteiger partial charge in [0.25, 0.3) is 0 Å². The van der Waals surface area contributed by atoms with Gasteiger partial charge >= 0.3 is 0 Å². The highest BCUT2D eigenvalue weighted by molar-refractivity contribution is 8.14. The van der Waals surface area contributed by atoms with Crippen LogP contribution in [0.15, 0.2) is 58.5 Å². The molecule has 0 atom stereocenters. The van der Waals surface area contributed by atoms with Gasteiger partial charge in [-0.3, -0.25) is 9.79 Å². The molecule has 1 fully saturated rings. The number of benzene rings is 2. The van der Waals surface area contributed by atoms with Crippen molar-refractivity contribution in [1.82, 2.24) is 9.78 Å². The first-order valence-electron chi connectivity index (χ1n) is 11.3. The fourth-order valence-corrected chi connectivity index (χ4v) is 4.64. The van der Waals surface area contributed by atoms with Crippen LogP contribution in [0.4, 0.5) is 5.82 Å². The van der Waals surface area contributed by atoms with Crippen molar-refractivity contribution in [3.63, 3.8) is 0 Å². The number of thioether (sulfide) groups is 1. The summed E-state index contributed by atoms with van der Waals surface area (Å²) >= 11 is 1.39. The van der Waals surface area contributed by atoms with E-state index in [9.17, 15) is 4.79 Å². The van der Waals surface area contributed by atoms with E-state index < -0.39 is 0 Å². The summed E-state index contributed by atoms with van der Waals surface area (Å²) in [4.78, 5) is 21.9. The van der Waals surface area contributed by atoms with Crippen LogP contribution in [-0.2, 0) is 4.79 Å². The first-order valence-corrected chi connectivity index (χ1v) is 12.2. The molecule has 1 amide bonds. The Balaban J connectivity index is 1.38. The summed E-state index contributed by atoms with van der Waals surface area (Å²) in [6.45, 7) is 7.00. The van der Waals surface area contributed by atoms with Gasteiger partial charge in [-0.25, -0.2) is 9.67 Å². The Morgan fingerprint density at radius 3 is 2.58 bits per heavy atom. The lowest BCUT2D eigenvalue weighted by atomic mass is 9.99. The average molecular weight is 458 g/mol. The number of hydrogen-bond donors (Lipinski definition) is 1. The highest BCUT2D eigenvalue weighted by atomic mass is 32.2. The van der Waals surface area contributed by atoms with Crippen LogP contribution in [0, 0.1) is 26.7 Å². The molecular weight excluding hydrogens is 430 g/mol. The van der Waals surface area contributed by atoms with Gasteiger partial charge in [0.1, 0.15) is 5.82 Å². The van der Waals surface area contributed by atoms with Gasteiger partial charge in [0.15, 0.2) is 5.17 Å². The summed E-state index contributed by atoms with van der Waals surface area (Å²) in [5.41, 5.74) is 7.61. The first kappa shape index (κ1) is 21.6. The molecule has 0 radical (unpaired) electrons. The number of para-hydroxylation sites is 1. The van der Waals surface area contributed by atoms with E-state index in [1.54, 1.807) is 4.68 Å². The maximum Gasteiger partial charge on any atom is 0.236 e. The number of anilines is 1. The SMILES string of the molecule is Cc1cc(C)c(-c2cc(NC(=O)CSC3=NCC(C4CC4)=N3)n(-c3ccccc3)n2)cc1C. The molecule has 7 heteroatoms. The Labute approximate surface area is 198 Å². The van der Waals surface area contributed by atoms with E-state index >= 15 is 0 Å². The second-order valence-electron chi connectivity index (χ2n) is 8.73. The monoisotopic (exact) mass is 457 g/mol. The van der Waals surface area contributed by atoms with Gasteiger partial charge in [-0.2, -0.15) is 5.10 Å². The second kappa shape index (κ2) is 8.98. The van der Waals surface area contributed by atoms with E-state index in [2.05, 4.69) is 48.2 Å². The van der Waals surface area contributed by atoms with Gasteiger partial charge in [-0.05, 0) is 74.4 Å². The minimum absolute atomic E-state index is 0.0989. The summed E-state index contributed by atoms with van der Waals surface area (Å²) in [6, 6.07) is 16.2. The van der Waals surface area contributed by atoms with Crippen molar-refractivity contribution < 1.29 is 4.79 Å². The summed E-state index contributed by atoms with van der Waals surface area (Å²) in [5, 5.41) is 8.63. The van der Waals surface area contributed by atoms with Gasteiger partial charge in [0, 0.05) is 17.3 Å². The third-order valence-electron chi connectivity index (χ3n) is 6.09. The molecule has 6 nitrogen and oxygen atoms in total. The van der Waals surface area contributed by atoms with Crippen molar-refractivity contribution in [3.8, 4) is 16.9 Å². The highest BCUT2D eigenvalue weighted by Gasteiger charge is 2.29. The second-order valence-corrected chi connectivity index (χ2v) is 9.67. The number of aromatic nitrogens is 2. The normalized spacial score (nSPS) is 15.4. The van der Waals surface area contributed by atoms with Crippen molar-refractivity contribution in [2.45, 2.75) is 33.6 Å². The van der Waals surface area contributed by atoms with E-state index in [0.29, 0.717) is 18.3 Å². The Kier molecular flexibility index (Phi) is 5.89. The zero-order valence-electron chi connectivity index (χ0n) is 19.1. The largest absolute Gasteiger partial charge is 0.310 e. The van der Waals surface area contributed by atoms with Crippen molar-refractivity contribution in [2.24, 2.45) is 15.9 Å². The molecule has 1 aliphatic heterocycles. The van der Waals surface area contributed by atoms with Crippen molar-refractivity contribution in [1.29, 1.82) is 0 Å². The van der Waals surface area contributed by atoms with Crippen molar-refractivity contribution in [3.05, 3.63) is 65.2 Å². The topological polar surface area (TPSA) is 71.6 Å². The lowest BCUT2D eigenvalue weighted by Gasteiger charge is -2.08. The maximum atomic E-state index is 12.8. The molecule has 0 spiro atoms. The third-order valence-corrected chi connectivity index (χ3v) is 6.98. The molecule has 2 heterocycles. The van der Waals surface area contributed by atoms with Crippen LogP contribution in [0.3, 0.4) is 0 Å². The lowest BCUT2D eigenvalue weighted by Crippen LogP contribution is -2.17. The molecule has 1 aromatic heterocycles. The Hall–Kier alpha value is -3.19. The van der Waals surface area contributed by atoms with E-state index in [4.69, 9.17) is 5.10 Å². The molecule has 1 aliphatic carbocycles. The third kappa shape index (κ3) is 4.78. The molecular formula is C26H27N5OS. The van der Waals surface area contributed by atoms with Crippen LogP contribution in [0.5, 0.6) is 0 Å². The molecule has 33 heavy (non-hydrogen) atoms. The Morgan fingerprint density at radius 2 is 1.82 bits per heavy atom.